The summed E-state index contributed by atoms with van der Waals surface area (Å²) in [6.07, 6.45) is -23.3. The molecule has 17 atom stereocenters. The van der Waals surface area contributed by atoms with E-state index >= 15 is 0 Å². The van der Waals surface area contributed by atoms with Gasteiger partial charge in [0, 0.05) is 23.4 Å². The third-order valence-corrected chi connectivity index (χ3v) is 15.0. The number of carbonyl (C=O) groups is 5. The molecule has 74 heavy (non-hydrogen) atoms. The summed E-state index contributed by atoms with van der Waals surface area (Å²) in [6, 6.07) is 22.5. The first-order valence-electron chi connectivity index (χ1n) is 22.8. The molecule has 0 spiro atoms. The monoisotopic (exact) mass is 1050 g/mol. The van der Waals surface area contributed by atoms with Gasteiger partial charge in [0.2, 0.25) is 24.8 Å². The van der Waals surface area contributed by atoms with Gasteiger partial charge in [0.15, 0.2) is 24.1 Å². The maximum absolute atomic E-state index is 14.5. The standard InChI is InChI=1S/C49H48FNO22S/c50-23-12-9-20(10-13-23)29(71-45-32(53)30-38(57)49(30,67)40(73-45)44(64)65)18-74-37-31(51(41(37)59)24-6-2-1-3-7-24)26-14-11-22(16-27(26)69-47-39(58)48(66,19-52)17-28(70-47)42(60)61)21-5-4-8-25(15-21)68-46-35(56)33(54)34(55)36(72-46)43(62)63/h1-16,28-31,33-40,45-47,52,54-58,66-67H,17-19H2,(H,60,61)(H,62,63)(H,64,65)/t28?,29-,30?,31+,33?,34-,35?,36?,37?,38?,39?,40?,45+,46+,47?,48?,49?/m0/s1. The number of carboxylic acids is 3. The molecule has 1 amide bonds. The molecule has 4 aromatic carbocycles. The van der Waals surface area contributed by atoms with E-state index in [1.54, 1.807) is 42.5 Å². The van der Waals surface area contributed by atoms with Crippen LogP contribution in [0.1, 0.15) is 29.7 Å². The Balaban J connectivity index is 1.08. The van der Waals surface area contributed by atoms with Crippen molar-refractivity contribution >= 4 is 47.0 Å². The molecule has 4 heterocycles. The zero-order valence-corrected chi connectivity index (χ0v) is 39.0. The number of rotatable bonds is 17. The number of ether oxygens (including phenoxy) is 6. The summed E-state index contributed by atoms with van der Waals surface area (Å²) in [6.45, 7) is -1.12. The van der Waals surface area contributed by atoms with Crippen LogP contribution in [-0.2, 0) is 42.9 Å². The highest BCUT2D eigenvalue weighted by molar-refractivity contribution is 8.00. The van der Waals surface area contributed by atoms with Crippen molar-refractivity contribution in [2.24, 2.45) is 5.92 Å². The van der Waals surface area contributed by atoms with E-state index in [-0.39, 0.29) is 28.4 Å². The third kappa shape index (κ3) is 9.59. The van der Waals surface area contributed by atoms with E-state index in [4.69, 9.17) is 28.4 Å². The molecule has 23 nitrogen and oxygen atoms in total. The number of hydrogen-bond acceptors (Lipinski definition) is 20. The van der Waals surface area contributed by atoms with Gasteiger partial charge in [0.05, 0.1) is 30.8 Å². The quantitative estimate of drug-likeness (QED) is 0.0592. The van der Waals surface area contributed by atoms with Crippen molar-refractivity contribution in [2.45, 2.75) is 103 Å². The van der Waals surface area contributed by atoms with Crippen molar-refractivity contribution in [2.75, 3.05) is 17.3 Å². The van der Waals surface area contributed by atoms with Crippen molar-refractivity contribution in [3.63, 3.8) is 0 Å². The zero-order chi connectivity index (χ0) is 53.1. The maximum Gasteiger partial charge on any atom is 0.336 e. The first kappa shape index (κ1) is 52.7. The summed E-state index contributed by atoms with van der Waals surface area (Å²) >= 11 is 0.974. The second-order valence-corrected chi connectivity index (χ2v) is 19.5. The Morgan fingerprint density at radius 1 is 0.757 bits per heavy atom. The predicted molar refractivity (Wildman–Crippen MR) is 245 cm³/mol. The Bertz CT molecular complexity index is 2790. The number of carbonyl (C=O) groups excluding carboxylic acids is 2. The molecule has 5 fully saturated rings. The molecule has 11 N–H and O–H groups in total. The first-order valence-corrected chi connectivity index (χ1v) is 23.8. The number of β-lactam (4-membered cyclic amide) rings is 1. The van der Waals surface area contributed by atoms with Crippen molar-refractivity contribution in [3.05, 3.63) is 114 Å². The smallest absolute Gasteiger partial charge is 0.336 e. The number of thioether (sulfide) groups is 1. The molecule has 25 heteroatoms. The molecule has 4 saturated heterocycles. The Hall–Kier alpha value is -6.17. The fourth-order valence-corrected chi connectivity index (χ4v) is 10.9. The summed E-state index contributed by atoms with van der Waals surface area (Å²) < 4.78 is 48.8. The summed E-state index contributed by atoms with van der Waals surface area (Å²) in [4.78, 5) is 65.5. The van der Waals surface area contributed by atoms with Crippen LogP contribution in [0, 0.1) is 11.7 Å². The Kier molecular flexibility index (Phi) is 14.6. The molecular weight excluding hydrogens is 1010 g/mol. The van der Waals surface area contributed by atoms with Gasteiger partial charge in [-0.3, -0.25) is 9.59 Å². The topological polar surface area (TPSA) is 367 Å². The van der Waals surface area contributed by atoms with Crippen molar-refractivity contribution in [3.8, 4) is 22.6 Å². The number of hydrogen-bond donors (Lipinski definition) is 11. The molecule has 4 aliphatic heterocycles. The van der Waals surface area contributed by atoms with Gasteiger partial charge in [-0.25, -0.2) is 18.8 Å². The van der Waals surface area contributed by atoms with E-state index in [2.05, 4.69) is 0 Å². The molecule has 5 aliphatic rings. The summed E-state index contributed by atoms with van der Waals surface area (Å²) in [5, 5.41) is 113. The Morgan fingerprint density at radius 3 is 2.12 bits per heavy atom. The van der Waals surface area contributed by atoms with Gasteiger partial charge < -0.3 is 89.5 Å². The lowest BCUT2D eigenvalue weighted by molar-refractivity contribution is -0.275. The van der Waals surface area contributed by atoms with Crippen LogP contribution in [0.2, 0.25) is 0 Å². The lowest BCUT2D eigenvalue weighted by atomic mass is 9.87. The number of para-hydroxylation sites is 1. The van der Waals surface area contributed by atoms with Gasteiger partial charge in [-0.05, 0) is 59.2 Å². The van der Waals surface area contributed by atoms with Gasteiger partial charge >= 0.3 is 17.9 Å². The molecule has 0 bridgehead atoms. The van der Waals surface area contributed by atoms with Crippen LogP contribution in [0.4, 0.5) is 10.1 Å². The van der Waals surface area contributed by atoms with Crippen molar-refractivity contribution in [1.82, 2.24) is 0 Å². The lowest BCUT2D eigenvalue weighted by Gasteiger charge is -2.48. The highest BCUT2D eigenvalue weighted by Crippen LogP contribution is 2.54. The minimum atomic E-state index is -2.45. The number of carboxylic acid groups (broad SMARTS) is 3. The first-order chi connectivity index (χ1) is 35.2. The fourth-order valence-electron chi connectivity index (χ4n) is 9.51. The number of benzene rings is 4. The minimum absolute atomic E-state index is 0.0359. The predicted octanol–water partition coefficient (Wildman–Crippen LogP) is -0.526. The third-order valence-electron chi connectivity index (χ3n) is 13.7. The van der Waals surface area contributed by atoms with Crippen LogP contribution in [0.15, 0.2) is 97.1 Å². The van der Waals surface area contributed by atoms with Gasteiger partial charge in [-0.2, -0.15) is 0 Å². The number of nitrogens with zero attached hydrogens (tertiary/aromatic N) is 1. The number of aliphatic hydroxyl groups is 8. The molecule has 4 aromatic rings. The molecule has 1 aliphatic carbocycles. The van der Waals surface area contributed by atoms with Gasteiger partial charge in [-0.1, -0.05) is 54.6 Å². The number of fused-ring (bicyclic) bond motifs is 1. The number of halogens is 1. The van der Waals surface area contributed by atoms with E-state index in [1.807, 2.05) is 0 Å². The second-order valence-electron chi connectivity index (χ2n) is 18.3. The summed E-state index contributed by atoms with van der Waals surface area (Å²) in [5.74, 6) is -8.98. The molecule has 9 rings (SSSR count). The number of amides is 1. The zero-order valence-electron chi connectivity index (χ0n) is 38.2. The Labute approximate surface area is 421 Å². The number of aliphatic hydroxyl groups excluding tert-OH is 6. The van der Waals surface area contributed by atoms with Gasteiger partial charge in [-0.15, -0.1) is 11.8 Å². The maximum atomic E-state index is 14.5. The SMILES string of the molecule is O=C(O)C1CC(O)(CO)C(O)C(Oc2cc(-c3cccc(O[C@@H]4OC(C(=O)O)[C@@H](O)C(O)C4O)c3)ccc2[C@@H]2C(SC[C@H](O[C@@H]3OC(C(=O)O)C4(O)C(O)C4C3=O)c3ccc(F)cc3)C(=O)N2c2ccccc2)O1. The molecule has 0 aromatic heterocycles. The molecular formula is C49H48FNO22S. The number of ketones is 1. The van der Waals surface area contributed by atoms with E-state index in [0.717, 1.165) is 23.9 Å². The average molecular weight is 1050 g/mol. The largest absolute Gasteiger partial charge is 0.479 e. The number of aliphatic carboxylic acids is 3. The summed E-state index contributed by atoms with van der Waals surface area (Å²) in [7, 11) is 0. The van der Waals surface area contributed by atoms with E-state index in [1.165, 1.54) is 47.4 Å². The van der Waals surface area contributed by atoms with Crippen LogP contribution in [0.5, 0.6) is 11.5 Å². The number of anilines is 1. The van der Waals surface area contributed by atoms with Crippen LogP contribution in [-0.4, -0.2) is 182 Å². The van der Waals surface area contributed by atoms with Crippen LogP contribution < -0.4 is 14.4 Å². The minimum Gasteiger partial charge on any atom is -0.479 e. The van der Waals surface area contributed by atoms with Gasteiger partial charge in [0.1, 0.15) is 58.2 Å². The van der Waals surface area contributed by atoms with Crippen LogP contribution in [0.25, 0.3) is 11.1 Å². The Morgan fingerprint density at radius 2 is 1.46 bits per heavy atom. The average Bonchev–Trinajstić information content (AvgIpc) is 3.95. The second kappa shape index (κ2) is 20.5. The van der Waals surface area contributed by atoms with E-state index in [0.29, 0.717) is 16.8 Å². The highest BCUT2D eigenvalue weighted by Gasteiger charge is 2.78. The fraction of sp³-hybridized carbons (Fsp3) is 0.408. The van der Waals surface area contributed by atoms with Crippen LogP contribution in [0.3, 0.4) is 0 Å². The highest BCUT2D eigenvalue weighted by atomic mass is 32.2. The molecule has 394 valence electrons. The molecule has 0 radical (unpaired) electrons. The van der Waals surface area contributed by atoms with Gasteiger partial charge in [0.25, 0.3) is 0 Å². The van der Waals surface area contributed by atoms with Crippen molar-refractivity contribution < 1.29 is 113 Å². The van der Waals surface area contributed by atoms with E-state index in [9.17, 15) is 84.5 Å². The summed E-state index contributed by atoms with van der Waals surface area (Å²) in [5.41, 5.74) is -3.42. The van der Waals surface area contributed by atoms with Crippen LogP contribution >= 0.6 is 11.8 Å². The van der Waals surface area contributed by atoms with E-state index < -0.39 is 151 Å². The number of Topliss-reactive ketones (excluding diaryl/α,β-unsaturated/α-hetero) is 1. The lowest BCUT2D eigenvalue weighted by Crippen LogP contribution is -2.62. The molecule has 1 saturated carbocycles. The van der Waals surface area contributed by atoms with Crippen molar-refractivity contribution in [1.29, 1.82) is 0 Å². The normalized spacial score (nSPS) is 35.0. The molecule has 12 unspecified atom stereocenters.